The Kier molecular flexibility index (Phi) is 4.50. The van der Waals surface area contributed by atoms with Gasteiger partial charge in [0.2, 0.25) is 5.69 Å². The molecule has 0 aliphatic heterocycles. The normalized spacial score (nSPS) is 10.1. The van der Waals surface area contributed by atoms with Crippen molar-refractivity contribution in [3.63, 3.8) is 0 Å². The molecule has 2 aromatic rings. The third-order valence-corrected chi connectivity index (χ3v) is 2.78. The molecule has 1 amide bonds. The zero-order chi connectivity index (χ0) is 15.2. The average Bonchev–Trinajstić information content (AvgIpc) is 2.47. The van der Waals surface area contributed by atoms with Crippen LogP contribution < -0.4 is 21.3 Å². The fraction of sp³-hybridized carbons (Fsp3) is 0.231. The van der Waals surface area contributed by atoms with Gasteiger partial charge < -0.3 is 10.1 Å². The number of carbonyl (C=O) groups excluding carboxylic acids is 1. The molecule has 0 unspecified atom stereocenters. The first kappa shape index (κ1) is 14.5. The molecule has 3 N–H and O–H groups in total. The van der Waals surface area contributed by atoms with Crippen LogP contribution in [0, 0.1) is 0 Å². The van der Waals surface area contributed by atoms with Crippen molar-refractivity contribution in [2.24, 2.45) is 0 Å². The number of hydrogen-bond donors (Lipinski definition) is 3. The Labute approximate surface area is 119 Å². The number of aromatic amines is 2. The van der Waals surface area contributed by atoms with E-state index in [1.807, 2.05) is 34.3 Å². The lowest BCUT2D eigenvalue weighted by atomic mass is 10.1. The molecule has 1 heterocycles. The SMILES string of the molecule is COc1ccc(CCNC(=O)c2n[nH]c(=O)[nH]c2=O)cc1. The lowest BCUT2D eigenvalue weighted by Gasteiger charge is -2.05. The first-order valence-electron chi connectivity index (χ1n) is 6.20. The number of rotatable bonds is 5. The summed E-state index contributed by atoms with van der Waals surface area (Å²) in [5, 5.41) is 7.98. The fourth-order valence-electron chi connectivity index (χ4n) is 1.70. The molecule has 0 radical (unpaired) electrons. The minimum atomic E-state index is -0.819. The summed E-state index contributed by atoms with van der Waals surface area (Å²) in [4.78, 5) is 35.8. The molecule has 8 heteroatoms. The average molecular weight is 290 g/mol. The Hall–Kier alpha value is -2.90. The van der Waals surface area contributed by atoms with E-state index in [9.17, 15) is 14.4 Å². The summed E-state index contributed by atoms with van der Waals surface area (Å²) in [7, 11) is 1.59. The number of amides is 1. The Morgan fingerprint density at radius 1 is 1.29 bits per heavy atom. The highest BCUT2D eigenvalue weighted by atomic mass is 16.5. The number of hydrogen-bond acceptors (Lipinski definition) is 5. The Morgan fingerprint density at radius 2 is 2.00 bits per heavy atom. The Bertz CT molecular complexity index is 733. The summed E-state index contributed by atoms with van der Waals surface area (Å²) < 4.78 is 5.05. The molecule has 0 aliphatic carbocycles. The van der Waals surface area contributed by atoms with Gasteiger partial charge in [0, 0.05) is 6.54 Å². The molecule has 110 valence electrons. The van der Waals surface area contributed by atoms with E-state index in [0.717, 1.165) is 11.3 Å². The first-order valence-corrected chi connectivity index (χ1v) is 6.20. The van der Waals surface area contributed by atoms with Crippen LogP contribution in [0.5, 0.6) is 5.75 Å². The van der Waals surface area contributed by atoms with Crippen molar-refractivity contribution in [2.75, 3.05) is 13.7 Å². The standard InChI is InChI=1S/C13H14N4O4/c1-21-9-4-2-8(3-5-9)6-7-14-11(18)10-12(19)15-13(20)17-16-10/h2-5H,6-7H2,1H3,(H,14,18)(H2,15,17,19,20). The van der Waals surface area contributed by atoms with Gasteiger partial charge in [-0.25, -0.2) is 9.89 Å². The minimum Gasteiger partial charge on any atom is -0.497 e. The van der Waals surface area contributed by atoms with Crippen LogP contribution in [0.4, 0.5) is 0 Å². The van der Waals surface area contributed by atoms with Crippen molar-refractivity contribution in [1.29, 1.82) is 0 Å². The third-order valence-electron chi connectivity index (χ3n) is 2.78. The van der Waals surface area contributed by atoms with E-state index in [1.165, 1.54) is 0 Å². The molecule has 1 aromatic heterocycles. The fourth-order valence-corrected chi connectivity index (χ4v) is 1.70. The van der Waals surface area contributed by atoms with Gasteiger partial charge in [-0.1, -0.05) is 12.1 Å². The van der Waals surface area contributed by atoms with E-state index in [2.05, 4.69) is 10.4 Å². The van der Waals surface area contributed by atoms with Crippen LogP contribution in [0.2, 0.25) is 0 Å². The van der Waals surface area contributed by atoms with Gasteiger partial charge in [0.15, 0.2) is 0 Å². The van der Waals surface area contributed by atoms with E-state index < -0.39 is 17.2 Å². The van der Waals surface area contributed by atoms with E-state index in [-0.39, 0.29) is 5.69 Å². The summed E-state index contributed by atoms with van der Waals surface area (Å²) in [6.45, 7) is 0.339. The highest BCUT2D eigenvalue weighted by molar-refractivity contribution is 5.91. The maximum atomic E-state index is 11.7. The van der Waals surface area contributed by atoms with Crippen molar-refractivity contribution in [1.82, 2.24) is 20.5 Å². The van der Waals surface area contributed by atoms with Crippen molar-refractivity contribution in [2.45, 2.75) is 6.42 Å². The molecule has 0 aliphatic rings. The summed E-state index contributed by atoms with van der Waals surface area (Å²) >= 11 is 0. The maximum Gasteiger partial charge on any atom is 0.342 e. The molecule has 0 atom stereocenters. The lowest BCUT2D eigenvalue weighted by Crippen LogP contribution is -2.36. The molecule has 0 bridgehead atoms. The monoisotopic (exact) mass is 290 g/mol. The van der Waals surface area contributed by atoms with E-state index >= 15 is 0 Å². The predicted octanol–water partition coefficient (Wildman–Crippen LogP) is -0.561. The van der Waals surface area contributed by atoms with Crippen molar-refractivity contribution in [3.05, 3.63) is 56.4 Å². The summed E-state index contributed by atoms with van der Waals surface area (Å²) in [5.41, 5.74) is -0.931. The quantitative estimate of drug-likeness (QED) is 0.682. The highest BCUT2D eigenvalue weighted by Gasteiger charge is 2.12. The van der Waals surface area contributed by atoms with Crippen molar-refractivity contribution in [3.8, 4) is 5.75 Å². The van der Waals surface area contributed by atoms with Gasteiger partial charge in [-0.3, -0.25) is 14.6 Å². The van der Waals surface area contributed by atoms with Gasteiger partial charge in [-0.15, -0.1) is 0 Å². The summed E-state index contributed by atoms with van der Waals surface area (Å²) in [6, 6.07) is 7.42. The third kappa shape index (κ3) is 3.78. The Balaban J connectivity index is 1.91. The first-order chi connectivity index (χ1) is 10.1. The molecule has 8 nitrogen and oxygen atoms in total. The van der Waals surface area contributed by atoms with E-state index in [0.29, 0.717) is 13.0 Å². The number of nitrogens with one attached hydrogen (secondary N) is 3. The molecule has 1 aromatic carbocycles. The lowest BCUT2D eigenvalue weighted by molar-refractivity contribution is 0.0946. The van der Waals surface area contributed by atoms with Gasteiger partial charge in [-0.05, 0) is 24.1 Å². The second kappa shape index (κ2) is 6.51. The molecule has 0 fully saturated rings. The number of aromatic nitrogens is 3. The summed E-state index contributed by atoms with van der Waals surface area (Å²) in [5.74, 6) is 0.118. The van der Waals surface area contributed by atoms with Crippen LogP contribution in [-0.2, 0) is 6.42 Å². The van der Waals surface area contributed by atoms with Crippen LogP contribution in [0.15, 0.2) is 33.9 Å². The van der Waals surface area contributed by atoms with Gasteiger partial charge in [0.05, 0.1) is 7.11 Å². The van der Waals surface area contributed by atoms with Gasteiger partial charge in [0.1, 0.15) is 5.75 Å². The molecule has 2 rings (SSSR count). The second-order valence-electron chi connectivity index (χ2n) is 4.21. The van der Waals surface area contributed by atoms with Crippen molar-refractivity contribution >= 4 is 5.91 Å². The number of carbonyl (C=O) groups is 1. The summed E-state index contributed by atoms with van der Waals surface area (Å²) in [6.07, 6.45) is 0.594. The zero-order valence-electron chi connectivity index (χ0n) is 11.3. The van der Waals surface area contributed by atoms with Gasteiger partial charge >= 0.3 is 5.69 Å². The van der Waals surface area contributed by atoms with Crippen LogP contribution in [0.25, 0.3) is 0 Å². The molecule has 0 saturated heterocycles. The molecule has 21 heavy (non-hydrogen) atoms. The van der Waals surface area contributed by atoms with E-state index in [1.54, 1.807) is 7.11 Å². The number of ether oxygens (including phenoxy) is 1. The largest absolute Gasteiger partial charge is 0.497 e. The second-order valence-corrected chi connectivity index (χ2v) is 4.21. The Morgan fingerprint density at radius 3 is 2.62 bits per heavy atom. The molecular formula is C13H14N4O4. The highest BCUT2D eigenvalue weighted by Crippen LogP contribution is 2.11. The van der Waals surface area contributed by atoms with Crippen molar-refractivity contribution < 1.29 is 9.53 Å². The van der Waals surface area contributed by atoms with Crippen LogP contribution in [0.1, 0.15) is 16.1 Å². The minimum absolute atomic E-state index is 0.339. The number of H-pyrrole nitrogens is 2. The maximum absolute atomic E-state index is 11.7. The molecule has 0 spiro atoms. The molecular weight excluding hydrogens is 276 g/mol. The van der Waals surface area contributed by atoms with Crippen LogP contribution >= 0.6 is 0 Å². The number of benzene rings is 1. The smallest absolute Gasteiger partial charge is 0.342 e. The zero-order valence-corrected chi connectivity index (χ0v) is 11.3. The topological polar surface area (TPSA) is 117 Å². The van der Waals surface area contributed by atoms with E-state index in [4.69, 9.17) is 4.74 Å². The van der Waals surface area contributed by atoms with Gasteiger partial charge in [0.25, 0.3) is 11.5 Å². The number of methoxy groups -OCH3 is 1. The molecule has 0 saturated carbocycles. The number of nitrogens with zero attached hydrogens (tertiary/aromatic N) is 1. The van der Waals surface area contributed by atoms with Crippen LogP contribution in [-0.4, -0.2) is 34.7 Å². The predicted molar refractivity (Wildman–Crippen MR) is 74.5 cm³/mol. The van der Waals surface area contributed by atoms with Crippen LogP contribution in [0.3, 0.4) is 0 Å². The van der Waals surface area contributed by atoms with Gasteiger partial charge in [-0.2, -0.15) is 5.10 Å².